The average molecular weight is 201 g/mol. The van der Waals surface area contributed by atoms with Gasteiger partial charge in [0.15, 0.2) is 0 Å². The lowest BCUT2D eigenvalue weighted by Crippen LogP contribution is -1.90. The fourth-order valence-electron chi connectivity index (χ4n) is 1.51. The fourth-order valence-corrected chi connectivity index (χ4v) is 1.70. The Morgan fingerprint density at radius 1 is 0.923 bits per heavy atom. The Bertz CT molecular complexity index is 89.1. The first-order chi connectivity index (χ1) is 6.27. The molecule has 0 spiro atoms. The van der Waals surface area contributed by atoms with Gasteiger partial charge in [0, 0.05) is 5.25 Å². The highest BCUT2D eigenvalue weighted by Gasteiger charge is 1.94. The first kappa shape index (κ1) is 13.4. The number of rotatable bonds is 9. The van der Waals surface area contributed by atoms with Crippen molar-refractivity contribution < 1.29 is 0 Å². The lowest BCUT2D eigenvalue weighted by Gasteiger charge is -2.03. The second kappa shape index (κ2) is 10.4. The Morgan fingerprint density at radius 2 is 1.38 bits per heavy atom. The maximum Gasteiger partial charge on any atom is 0.00172 e. The number of thiol groups is 1. The van der Waals surface area contributed by atoms with Crippen LogP contribution in [0.25, 0.3) is 0 Å². The number of hydrogen-bond donors (Lipinski definition) is 1. The summed E-state index contributed by atoms with van der Waals surface area (Å²) in [6.45, 7) is 6.13. The van der Waals surface area contributed by atoms with E-state index in [1.54, 1.807) is 0 Å². The van der Waals surface area contributed by atoms with Crippen molar-refractivity contribution in [1.82, 2.24) is 0 Å². The summed E-state index contributed by atoms with van der Waals surface area (Å²) in [5.74, 6) is 0. The maximum atomic E-state index is 4.26. The van der Waals surface area contributed by atoms with Crippen molar-refractivity contribution in [2.75, 3.05) is 0 Å². The lowest BCUT2D eigenvalue weighted by atomic mass is 10.1. The molecule has 0 heterocycles. The van der Waals surface area contributed by atoms with Gasteiger partial charge in [-0.3, -0.25) is 0 Å². The van der Waals surface area contributed by atoms with Crippen LogP contribution in [-0.2, 0) is 0 Å². The lowest BCUT2D eigenvalue weighted by molar-refractivity contribution is 0.568. The van der Waals surface area contributed by atoms with Gasteiger partial charge in [0.2, 0.25) is 0 Å². The Labute approximate surface area is 89.9 Å². The molecule has 13 heavy (non-hydrogen) atoms. The smallest absolute Gasteiger partial charge is 0.00172 e. The van der Waals surface area contributed by atoms with Crippen molar-refractivity contribution in [3.05, 3.63) is 6.92 Å². The standard InChI is InChI=1S/C12H25S/c1-3-4-5-6-7-8-9-10-11-12(2)13/h12-13H,2-11H2,1H3. The topological polar surface area (TPSA) is 0 Å². The molecule has 0 aromatic heterocycles. The van der Waals surface area contributed by atoms with Gasteiger partial charge in [-0.2, -0.15) is 12.6 Å². The molecular weight excluding hydrogens is 176 g/mol. The van der Waals surface area contributed by atoms with Crippen LogP contribution in [0.2, 0.25) is 0 Å². The summed E-state index contributed by atoms with van der Waals surface area (Å²) in [5.41, 5.74) is 0. The predicted molar refractivity (Wildman–Crippen MR) is 65.4 cm³/mol. The predicted octanol–water partition coefficient (Wildman–Crippen LogP) is 4.65. The van der Waals surface area contributed by atoms with Gasteiger partial charge in [-0.15, -0.1) is 0 Å². The van der Waals surface area contributed by atoms with E-state index in [9.17, 15) is 0 Å². The molecule has 1 radical (unpaired) electrons. The van der Waals surface area contributed by atoms with Crippen LogP contribution >= 0.6 is 12.6 Å². The minimum absolute atomic E-state index is 0.347. The largest absolute Gasteiger partial charge is 0.176 e. The van der Waals surface area contributed by atoms with Gasteiger partial charge in [0.1, 0.15) is 0 Å². The monoisotopic (exact) mass is 201 g/mol. The summed E-state index contributed by atoms with van der Waals surface area (Å²) in [6, 6.07) is 0. The molecule has 0 aromatic rings. The van der Waals surface area contributed by atoms with Gasteiger partial charge in [0.05, 0.1) is 0 Å². The summed E-state index contributed by atoms with van der Waals surface area (Å²) >= 11 is 4.26. The quantitative estimate of drug-likeness (QED) is 0.407. The summed E-state index contributed by atoms with van der Waals surface area (Å²) in [4.78, 5) is 0. The Morgan fingerprint density at radius 3 is 1.85 bits per heavy atom. The summed E-state index contributed by atoms with van der Waals surface area (Å²) in [5, 5.41) is 0.347. The van der Waals surface area contributed by atoms with E-state index >= 15 is 0 Å². The fraction of sp³-hybridized carbons (Fsp3) is 0.917. The molecule has 0 fully saturated rings. The third kappa shape index (κ3) is 12.4. The normalized spacial score (nSPS) is 13.2. The average Bonchev–Trinajstić information content (AvgIpc) is 2.09. The molecule has 0 aliphatic heterocycles. The molecule has 1 heteroatoms. The van der Waals surface area contributed by atoms with E-state index in [4.69, 9.17) is 0 Å². The van der Waals surface area contributed by atoms with Gasteiger partial charge in [-0.25, -0.2) is 0 Å². The van der Waals surface area contributed by atoms with Crippen LogP contribution in [0, 0.1) is 6.92 Å². The second-order valence-electron chi connectivity index (χ2n) is 3.92. The molecule has 0 bridgehead atoms. The molecule has 0 saturated carbocycles. The minimum Gasteiger partial charge on any atom is -0.176 e. The number of hydrogen-bond acceptors (Lipinski definition) is 1. The third-order valence-electron chi connectivity index (χ3n) is 2.39. The molecule has 1 atom stereocenters. The Balaban J connectivity index is 2.84. The van der Waals surface area contributed by atoms with Crippen LogP contribution < -0.4 is 0 Å². The molecule has 0 nitrogen and oxygen atoms in total. The van der Waals surface area contributed by atoms with E-state index in [0.29, 0.717) is 5.25 Å². The molecule has 0 aliphatic carbocycles. The van der Waals surface area contributed by atoms with Crippen molar-refractivity contribution in [3.63, 3.8) is 0 Å². The van der Waals surface area contributed by atoms with E-state index in [1.165, 1.54) is 57.8 Å². The molecule has 0 rings (SSSR count). The van der Waals surface area contributed by atoms with E-state index in [0.717, 1.165) is 0 Å². The summed E-state index contributed by atoms with van der Waals surface area (Å²) in [7, 11) is 0. The zero-order valence-corrected chi connectivity index (χ0v) is 9.99. The van der Waals surface area contributed by atoms with Gasteiger partial charge in [-0.05, 0) is 13.3 Å². The zero-order valence-electron chi connectivity index (χ0n) is 9.10. The van der Waals surface area contributed by atoms with Gasteiger partial charge < -0.3 is 0 Å². The molecule has 0 aliphatic rings. The molecule has 79 valence electrons. The van der Waals surface area contributed by atoms with Crippen LogP contribution in [0.1, 0.15) is 64.7 Å². The van der Waals surface area contributed by atoms with Crippen LogP contribution in [0.4, 0.5) is 0 Å². The Kier molecular flexibility index (Phi) is 10.7. The third-order valence-corrected chi connectivity index (χ3v) is 2.65. The van der Waals surface area contributed by atoms with Crippen LogP contribution in [0.3, 0.4) is 0 Å². The highest BCUT2D eigenvalue weighted by Crippen LogP contribution is 2.11. The molecule has 0 N–H and O–H groups in total. The zero-order chi connectivity index (χ0) is 9.94. The van der Waals surface area contributed by atoms with E-state index in [-0.39, 0.29) is 0 Å². The summed E-state index contributed by atoms with van der Waals surface area (Å²) in [6.07, 6.45) is 12.3. The number of unbranched alkanes of at least 4 members (excludes halogenated alkanes) is 7. The van der Waals surface area contributed by atoms with Crippen LogP contribution in [0.15, 0.2) is 0 Å². The molecular formula is C12H25S. The van der Waals surface area contributed by atoms with Gasteiger partial charge >= 0.3 is 0 Å². The molecule has 0 aromatic carbocycles. The molecule has 0 saturated heterocycles. The Hall–Kier alpha value is 0.350. The first-order valence-corrected chi connectivity index (χ1v) is 6.30. The molecule has 1 unspecified atom stereocenters. The molecule has 0 amide bonds. The summed E-state index contributed by atoms with van der Waals surface area (Å²) < 4.78 is 0. The van der Waals surface area contributed by atoms with E-state index in [1.807, 2.05) is 0 Å². The minimum atomic E-state index is 0.347. The van der Waals surface area contributed by atoms with Crippen molar-refractivity contribution >= 4 is 12.6 Å². The van der Waals surface area contributed by atoms with E-state index < -0.39 is 0 Å². The van der Waals surface area contributed by atoms with Gasteiger partial charge in [-0.1, -0.05) is 58.3 Å². The van der Waals surface area contributed by atoms with Crippen LogP contribution in [-0.4, -0.2) is 5.25 Å². The second-order valence-corrected chi connectivity index (χ2v) is 4.65. The van der Waals surface area contributed by atoms with Crippen molar-refractivity contribution in [2.24, 2.45) is 0 Å². The SMILES string of the molecule is [CH2]C(S)CCCCCCCCCC. The van der Waals surface area contributed by atoms with E-state index in [2.05, 4.69) is 26.5 Å². The maximum absolute atomic E-state index is 4.26. The van der Waals surface area contributed by atoms with Crippen LogP contribution in [0.5, 0.6) is 0 Å². The van der Waals surface area contributed by atoms with Gasteiger partial charge in [0.25, 0.3) is 0 Å². The van der Waals surface area contributed by atoms with Crippen molar-refractivity contribution in [1.29, 1.82) is 0 Å². The van der Waals surface area contributed by atoms with Crippen molar-refractivity contribution in [3.8, 4) is 0 Å². The highest BCUT2D eigenvalue weighted by molar-refractivity contribution is 7.81. The first-order valence-electron chi connectivity index (χ1n) is 5.78. The highest BCUT2D eigenvalue weighted by atomic mass is 32.1. The van der Waals surface area contributed by atoms with Crippen molar-refractivity contribution in [2.45, 2.75) is 70.0 Å².